The zero-order chi connectivity index (χ0) is 19.4. The number of ether oxygens (including phenoxy) is 2. The first-order valence-corrected chi connectivity index (χ1v) is 9.31. The number of nitrogens with zero attached hydrogens (tertiary/aromatic N) is 2. The quantitative estimate of drug-likeness (QED) is 0.674. The van der Waals surface area contributed by atoms with E-state index >= 15 is 0 Å². The van der Waals surface area contributed by atoms with Gasteiger partial charge in [0, 0.05) is 13.5 Å². The first-order valence-electron chi connectivity index (χ1n) is 8.43. The molecule has 0 unspecified atom stereocenters. The Morgan fingerprint density at radius 3 is 2.74 bits per heavy atom. The monoisotopic (exact) mass is 387 g/mol. The second kappa shape index (κ2) is 8.22. The van der Waals surface area contributed by atoms with Crippen molar-refractivity contribution in [1.82, 2.24) is 14.9 Å². The van der Waals surface area contributed by atoms with Gasteiger partial charge in [0.05, 0.1) is 26.3 Å². The van der Waals surface area contributed by atoms with Gasteiger partial charge in [0.25, 0.3) is 5.56 Å². The Bertz CT molecular complexity index is 1010. The van der Waals surface area contributed by atoms with Crippen LogP contribution in [0, 0.1) is 0 Å². The van der Waals surface area contributed by atoms with Crippen LogP contribution < -0.4 is 15.0 Å². The van der Waals surface area contributed by atoms with Crippen molar-refractivity contribution in [2.24, 2.45) is 0 Å². The molecule has 2 aromatic heterocycles. The van der Waals surface area contributed by atoms with Gasteiger partial charge in [-0.2, -0.15) is 0 Å². The van der Waals surface area contributed by atoms with Crippen molar-refractivity contribution in [3.05, 3.63) is 51.4 Å². The van der Waals surface area contributed by atoms with Gasteiger partial charge in [0.1, 0.15) is 10.5 Å². The minimum Gasteiger partial charge on any atom is -0.493 e. The van der Waals surface area contributed by atoms with Crippen LogP contribution >= 0.6 is 11.3 Å². The van der Waals surface area contributed by atoms with Gasteiger partial charge in [0.15, 0.2) is 11.5 Å². The highest BCUT2D eigenvalue weighted by Crippen LogP contribution is 2.28. The summed E-state index contributed by atoms with van der Waals surface area (Å²) in [5, 5.41) is 1.83. The van der Waals surface area contributed by atoms with Crippen molar-refractivity contribution in [1.29, 1.82) is 0 Å². The van der Waals surface area contributed by atoms with E-state index in [0.717, 1.165) is 5.56 Å². The van der Waals surface area contributed by atoms with Gasteiger partial charge in [-0.25, -0.2) is 4.98 Å². The fraction of sp³-hybridized carbons (Fsp3) is 0.316. The Hall–Kier alpha value is -2.87. The number of amides is 1. The molecule has 0 fully saturated rings. The third kappa shape index (κ3) is 4.28. The van der Waals surface area contributed by atoms with Gasteiger partial charge < -0.3 is 19.4 Å². The second-order valence-electron chi connectivity index (χ2n) is 6.09. The minimum absolute atomic E-state index is 0.0298. The maximum atomic E-state index is 12.4. The number of fused-ring (bicyclic) bond motifs is 1. The molecule has 0 saturated carbocycles. The van der Waals surface area contributed by atoms with Crippen LogP contribution in [0.4, 0.5) is 0 Å². The molecule has 0 radical (unpaired) electrons. The van der Waals surface area contributed by atoms with Gasteiger partial charge in [-0.3, -0.25) is 9.59 Å². The molecule has 27 heavy (non-hydrogen) atoms. The molecule has 0 aliphatic heterocycles. The first kappa shape index (κ1) is 18.9. The average Bonchev–Trinajstić information content (AvgIpc) is 3.14. The predicted molar refractivity (Wildman–Crippen MR) is 105 cm³/mol. The van der Waals surface area contributed by atoms with Crippen LogP contribution in [0.15, 0.2) is 34.4 Å². The fourth-order valence-electron chi connectivity index (χ4n) is 2.79. The number of H-pyrrole nitrogens is 1. The Morgan fingerprint density at radius 2 is 2.00 bits per heavy atom. The smallest absolute Gasteiger partial charge is 0.268 e. The van der Waals surface area contributed by atoms with E-state index in [2.05, 4.69) is 9.97 Å². The van der Waals surface area contributed by atoms with Crippen LogP contribution in [0.1, 0.15) is 17.8 Å². The minimum atomic E-state index is -0.170. The standard InChI is InChI=1S/C19H21N3O4S/c1-22(11-16-20-13-8-9-27-18(13)19(24)21-16)17(23)7-5-12-4-6-14(25-2)15(10-12)26-3/h4,6,8-10H,5,7,11H2,1-3H3,(H,20,21,24). The number of carbonyl (C=O) groups is 1. The van der Waals surface area contributed by atoms with E-state index in [1.165, 1.54) is 11.3 Å². The summed E-state index contributed by atoms with van der Waals surface area (Å²) in [4.78, 5) is 33.2. The Labute approximate surface area is 160 Å². The third-order valence-corrected chi connectivity index (χ3v) is 5.15. The lowest BCUT2D eigenvalue weighted by Crippen LogP contribution is -2.28. The normalized spacial score (nSPS) is 10.8. The van der Waals surface area contributed by atoms with Crippen LogP contribution in [-0.2, 0) is 17.8 Å². The molecule has 7 nitrogen and oxygen atoms in total. The Kier molecular flexibility index (Phi) is 5.75. The number of nitrogens with one attached hydrogen (secondary N) is 1. The van der Waals surface area contributed by atoms with E-state index in [4.69, 9.17) is 9.47 Å². The summed E-state index contributed by atoms with van der Waals surface area (Å²) < 4.78 is 11.1. The number of benzene rings is 1. The van der Waals surface area contributed by atoms with E-state index in [1.807, 2.05) is 23.6 Å². The van der Waals surface area contributed by atoms with E-state index in [0.29, 0.717) is 40.4 Å². The number of aromatic nitrogens is 2. The predicted octanol–water partition coefficient (Wildman–Crippen LogP) is 2.59. The summed E-state index contributed by atoms with van der Waals surface area (Å²) in [6, 6.07) is 7.42. The molecule has 3 aromatic rings. The molecule has 142 valence electrons. The van der Waals surface area contributed by atoms with Gasteiger partial charge >= 0.3 is 0 Å². The lowest BCUT2D eigenvalue weighted by molar-refractivity contribution is -0.130. The molecule has 1 aromatic carbocycles. The molecule has 3 rings (SSSR count). The number of aromatic amines is 1. The van der Waals surface area contributed by atoms with Crippen molar-refractivity contribution >= 4 is 27.5 Å². The van der Waals surface area contributed by atoms with Gasteiger partial charge in [0.2, 0.25) is 5.91 Å². The van der Waals surface area contributed by atoms with E-state index < -0.39 is 0 Å². The summed E-state index contributed by atoms with van der Waals surface area (Å²) >= 11 is 1.35. The van der Waals surface area contributed by atoms with Gasteiger partial charge in [-0.05, 0) is 35.6 Å². The third-order valence-electron chi connectivity index (χ3n) is 4.25. The lowest BCUT2D eigenvalue weighted by Gasteiger charge is -2.17. The summed E-state index contributed by atoms with van der Waals surface area (Å²) in [5.74, 6) is 1.75. The second-order valence-corrected chi connectivity index (χ2v) is 7.00. The van der Waals surface area contributed by atoms with E-state index in [-0.39, 0.29) is 18.0 Å². The number of hydrogen-bond acceptors (Lipinski definition) is 6. The number of rotatable bonds is 7. The molecule has 0 bridgehead atoms. The number of thiophene rings is 1. The first-order chi connectivity index (χ1) is 13.0. The number of methoxy groups -OCH3 is 2. The number of hydrogen-bond donors (Lipinski definition) is 1. The van der Waals surface area contributed by atoms with Crippen LogP contribution in [0.2, 0.25) is 0 Å². The molecule has 1 amide bonds. The Balaban J connectivity index is 1.62. The topological polar surface area (TPSA) is 84.5 Å². The maximum absolute atomic E-state index is 12.4. The highest BCUT2D eigenvalue weighted by atomic mass is 32.1. The van der Waals surface area contributed by atoms with Crippen LogP contribution in [0.3, 0.4) is 0 Å². The van der Waals surface area contributed by atoms with Crippen molar-refractivity contribution in [2.45, 2.75) is 19.4 Å². The molecule has 0 spiro atoms. The van der Waals surface area contributed by atoms with Gasteiger partial charge in [-0.15, -0.1) is 11.3 Å². The maximum Gasteiger partial charge on any atom is 0.268 e. The molecular weight excluding hydrogens is 366 g/mol. The van der Waals surface area contributed by atoms with Crippen LogP contribution in [-0.4, -0.2) is 42.0 Å². The largest absolute Gasteiger partial charge is 0.493 e. The molecule has 0 aliphatic carbocycles. The number of carbonyl (C=O) groups excluding carboxylic acids is 1. The SMILES string of the molecule is COc1ccc(CCC(=O)N(C)Cc2nc3ccsc3c(=O)[nH]2)cc1OC. The van der Waals surface area contributed by atoms with Crippen molar-refractivity contribution in [3.63, 3.8) is 0 Å². The molecule has 1 N–H and O–H groups in total. The van der Waals surface area contributed by atoms with E-state index in [1.54, 1.807) is 32.2 Å². The molecule has 8 heteroatoms. The van der Waals surface area contributed by atoms with Crippen LogP contribution in [0.5, 0.6) is 11.5 Å². The summed E-state index contributed by atoms with van der Waals surface area (Å²) in [6.07, 6.45) is 0.925. The summed E-state index contributed by atoms with van der Waals surface area (Å²) in [5.41, 5.74) is 1.47. The number of aryl methyl sites for hydroxylation is 1. The highest BCUT2D eigenvalue weighted by Gasteiger charge is 2.13. The molecule has 0 aliphatic rings. The average molecular weight is 387 g/mol. The molecule has 0 saturated heterocycles. The summed E-state index contributed by atoms with van der Waals surface area (Å²) in [6.45, 7) is 0.256. The van der Waals surface area contributed by atoms with E-state index in [9.17, 15) is 9.59 Å². The molecule has 2 heterocycles. The summed E-state index contributed by atoms with van der Waals surface area (Å²) in [7, 11) is 4.87. The van der Waals surface area contributed by atoms with Crippen molar-refractivity contribution < 1.29 is 14.3 Å². The zero-order valence-electron chi connectivity index (χ0n) is 15.4. The highest BCUT2D eigenvalue weighted by molar-refractivity contribution is 7.17. The van der Waals surface area contributed by atoms with Crippen LogP contribution in [0.25, 0.3) is 10.2 Å². The van der Waals surface area contributed by atoms with Gasteiger partial charge in [-0.1, -0.05) is 6.07 Å². The molecule has 0 atom stereocenters. The van der Waals surface area contributed by atoms with Crippen molar-refractivity contribution in [3.8, 4) is 11.5 Å². The lowest BCUT2D eigenvalue weighted by atomic mass is 10.1. The zero-order valence-corrected chi connectivity index (χ0v) is 16.3. The Morgan fingerprint density at radius 1 is 1.22 bits per heavy atom. The van der Waals surface area contributed by atoms with Crippen molar-refractivity contribution in [2.75, 3.05) is 21.3 Å². The molecular formula is C19H21N3O4S. The fourth-order valence-corrected chi connectivity index (χ4v) is 3.51.